The Morgan fingerprint density at radius 1 is 1.35 bits per heavy atom. The fourth-order valence-corrected chi connectivity index (χ4v) is 6.38. The molecule has 3 atom stereocenters. The molecule has 4 heterocycles. The van der Waals surface area contributed by atoms with Crippen molar-refractivity contribution in [1.82, 2.24) is 9.55 Å². The highest BCUT2D eigenvalue weighted by Gasteiger charge is 2.45. The maximum atomic E-state index is 14.6. The standard InChI is InChI=1S/C25H27FN2O4S2/c1-3-25(31)18-8-21-22-15(10-28(21)23(29)16(18)11-32-24(25)30)17(12-34-6-4-5-33)14-7-13(2)19(26)9-20(14)27-22/h7-9,13,19,31,33H,3-6,10-12H2,1-2H3/t13?,19?,25-/m0/s1. The summed E-state index contributed by atoms with van der Waals surface area (Å²) < 4.78 is 21.4. The third-order valence-corrected chi connectivity index (χ3v) is 8.41. The molecule has 2 aliphatic heterocycles. The molecule has 0 aromatic carbocycles. The van der Waals surface area contributed by atoms with Gasteiger partial charge >= 0.3 is 5.97 Å². The predicted octanol–water partition coefficient (Wildman–Crippen LogP) is 2.03. The van der Waals surface area contributed by atoms with Crippen LogP contribution in [0, 0.1) is 5.92 Å². The number of hydrogen-bond acceptors (Lipinski definition) is 7. The van der Waals surface area contributed by atoms with Gasteiger partial charge in [0.05, 0.1) is 28.8 Å². The maximum Gasteiger partial charge on any atom is 0.343 e. The number of carbonyl (C=O) groups is 1. The van der Waals surface area contributed by atoms with E-state index >= 15 is 0 Å². The van der Waals surface area contributed by atoms with Gasteiger partial charge in [0.25, 0.3) is 5.56 Å². The van der Waals surface area contributed by atoms with Crippen LogP contribution in [0.5, 0.6) is 0 Å². The Balaban J connectivity index is 1.73. The largest absolute Gasteiger partial charge is 0.458 e. The van der Waals surface area contributed by atoms with Crippen molar-refractivity contribution in [2.75, 3.05) is 11.5 Å². The molecule has 1 N–H and O–H groups in total. The molecule has 2 aromatic heterocycles. The average Bonchev–Trinajstić information content (AvgIpc) is 3.19. The van der Waals surface area contributed by atoms with E-state index in [1.807, 2.05) is 13.0 Å². The second-order valence-electron chi connectivity index (χ2n) is 9.09. The number of nitrogens with zero attached hydrogens (tertiary/aromatic N) is 2. The van der Waals surface area contributed by atoms with Crippen LogP contribution in [-0.4, -0.2) is 38.3 Å². The first kappa shape index (κ1) is 23.6. The van der Waals surface area contributed by atoms with Crippen molar-refractivity contribution in [1.29, 1.82) is 0 Å². The molecular formula is C25H27FN2O4S2. The first-order valence-corrected chi connectivity index (χ1v) is 13.3. The molecule has 0 saturated heterocycles. The van der Waals surface area contributed by atoms with E-state index < -0.39 is 17.7 Å². The summed E-state index contributed by atoms with van der Waals surface area (Å²) in [4.78, 5) is 30.7. The van der Waals surface area contributed by atoms with E-state index in [4.69, 9.17) is 9.72 Å². The molecule has 180 valence electrons. The van der Waals surface area contributed by atoms with Gasteiger partial charge in [-0.2, -0.15) is 24.4 Å². The molecule has 3 aliphatic rings. The Morgan fingerprint density at radius 2 is 2.15 bits per heavy atom. The highest BCUT2D eigenvalue weighted by atomic mass is 32.2. The number of carbonyl (C=O) groups excluding carboxylic acids is 1. The summed E-state index contributed by atoms with van der Waals surface area (Å²) in [5, 5.41) is 12.6. The minimum atomic E-state index is -1.87. The van der Waals surface area contributed by atoms with Crippen LogP contribution in [0.1, 0.15) is 48.9 Å². The monoisotopic (exact) mass is 502 g/mol. The maximum absolute atomic E-state index is 14.6. The number of aromatic nitrogens is 2. The molecule has 2 aromatic rings. The molecule has 1 aliphatic carbocycles. The van der Waals surface area contributed by atoms with Crippen LogP contribution < -0.4 is 16.1 Å². The number of fused-ring (bicyclic) bond motifs is 5. The number of halogens is 1. The van der Waals surface area contributed by atoms with Gasteiger partial charge in [0.15, 0.2) is 5.60 Å². The lowest BCUT2D eigenvalue weighted by molar-refractivity contribution is -0.172. The van der Waals surface area contributed by atoms with Crippen LogP contribution in [-0.2, 0) is 34.0 Å². The van der Waals surface area contributed by atoms with E-state index in [1.165, 1.54) is 0 Å². The molecule has 0 spiro atoms. The summed E-state index contributed by atoms with van der Waals surface area (Å²) in [5.74, 6) is 1.48. The van der Waals surface area contributed by atoms with Crippen molar-refractivity contribution < 1.29 is 19.0 Å². The van der Waals surface area contributed by atoms with Crippen molar-refractivity contribution in [3.63, 3.8) is 0 Å². The van der Waals surface area contributed by atoms with E-state index in [0.717, 1.165) is 40.0 Å². The summed E-state index contributed by atoms with van der Waals surface area (Å²) >= 11 is 6.08. The van der Waals surface area contributed by atoms with Crippen LogP contribution in [0.4, 0.5) is 4.39 Å². The van der Waals surface area contributed by atoms with Crippen molar-refractivity contribution in [2.24, 2.45) is 5.92 Å². The highest BCUT2D eigenvalue weighted by molar-refractivity contribution is 7.98. The smallest absolute Gasteiger partial charge is 0.343 e. The average molecular weight is 503 g/mol. The number of rotatable bonds is 6. The van der Waals surface area contributed by atoms with Gasteiger partial charge in [-0.1, -0.05) is 19.9 Å². The van der Waals surface area contributed by atoms with E-state index in [2.05, 4.69) is 12.6 Å². The number of alkyl halides is 1. The lowest BCUT2D eigenvalue weighted by Crippen LogP contribution is -2.44. The summed E-state index contributed by atoms with van der Waals surface area (Å²) in [5.41, 5.74) is 1.60. The zero-order chi connectivity index (χ0) is 24.2. The van der Waals surface area contributed by atoms with Crippen LogP contribution in [0.15, 0.2) is 10.9 Å². The first-order valence-electron chi connectivity index (χ1n) is 11.6. The Labute approximate surface area is 206 Å². The minimum Gasteiger partial charge on any atom is -0.458 e. The Kier molecular flexibility index (Phi) is 6.14. The van der Waals surface area contributed by atoms with Gasteiger partial charge in [-0.05, 0) is 42.1 Å². The van der Waals surface area contributed by atoms with Crippen LogP contribution in [0.3, 0.4) is 0 Å². The zero-order valence-electron chi connectivity index (χ0n) is 19.1. The van der Waals surface area contributed by atoms with E-state index in [9.17, 15) is 19.1 Å². The van der Waals surface area contributed by atoms with Crippen molar-refractivity contribution >= 4 is 42.5 Å². The Hall–Kier alpha value is -2.10. The van der Waals surface area contributed by atoms with E-state index in [-0.39, 0.29) is 30.1 Å². The highest BCUT2D eigenvalue weighted by Crippen LogP contribution is 2.38. The van der Waals surface area contributed by atoms with Gasteiger partial charge < -0.3 is 14.4 Å². The number of pyridine rings is 2. The first-order chi connectivity index (χ1) is 16.3. The fraction of sp³-hybridized carbons (Fsp3) is 0.480. The summed E-state index contributed by atoms with van der Waals surface area (Å²) in [6.07, 6.45) is 3.44. The third kappa shape index (κ3) is 3.55. The predicted molar refractivity (Wildman–Crippen MR) is 134 cm³/mol. The normalized spacial score (nSPS) is 24.3. The zero-order valence-corrected chi connectivity index (χ0v) is 20.8. The van der Waals surface area contributed by atoms with Gasteiger partial charge in [-0.15, -0.1) is 0 Å². The van der Waals surface area contributed by atoms with Crippen LogP contribution >= 0.6 is 24.4 Å². The molecule has 0 fully saturated rings. The molecule has 2 unspecified atom stereocenters. The molecule has 0 radical (unpaired) electrons. The summed E-state index contributed by atoms with van der Waals surface area (Å²) in [6.45, 7) is 3.71. The van der Waals surface area contributed by atoms with Crippen molar-refractivity contribution in [2.45, 2.75) is 57.4 Å². The number of cyclic esters (lactones) is 1. The van der Waals surface area contributed by atoms with Crippen molar-refractivity contribution in [3.05, 3.63) is 49.2 Å². The quantitative estimate of drug-likeness (QED) is 0.305. The number of thioether (sulfide) groups is 1. The number of aliphatic hydroxyl groups is 1. The fourth-order valence-electron chi connectivity index (χ4n) is 4.98. The van der Waals surface area contributed by atoms with Gasteiger partial charge in [-0.3, -0.25) is 4.79 Å². The molecule has 5 rings (SSSR count). The third-order valence-electron chi connectivity index (χ3n) is 7.03. The minimum absolute atomic E-state index is 0.0867. The second-order valence-corrected chi connectivity index (χ2v) is 10.6. The molecule has 34 heavy (non-hydrogen) atoms. The van der Waals surface area contributed by atoms with Crippen molar-refractivity contribution in [3.8, 4) is 11.4 Å². The van der Waals surface area contributed by atoms with Gasteiger partial charge in [0.1, 0.15) is 12.8 Å². The molecule has 0 saturated carbocycles. The van der Waals surface area contributed by atoms with Gasteiger partial charge in [-0.25, -0.2) is 14.2 Å². The molecule has 0 amide bonds. The van der Waals surface area contributed by atoms with Gasteiger partial charge in [0, 0.05) is 28.0 Å². The van der Waals surface area contributed by atoms with E-state index in [1.54, 1.807) is 35.4 Å². The Bertz CT molecular complexity index is 1370. The molecule has 0 bridgehead atoms. The lowest BCUT2D eigenvalue weighted by Gasteiger charge is -2.31. The summed E-state index contributed by atoms with van der Waals surface area (Å²) in [6, 6.07) is 1.70. The summed E-state index contributed by atoms with van der Waals surface area (Å²) in [7, 11) is 0. The SMILES string of the molecule is CC[C@@]1(O)C(=O)OCc2c1cc1n(c2=O)Cc2c-1nc1c(c2CSCCCS)=CC(C)C(F)C=1. The number of thiol groups is 1. The Morgan fingerprint density at radius 3 is 2.88 bits per heavy atom. The number of hydrogen-bond donors (Lipinski definition) is 2. The topological polar surface area (TPSA) is 81.4 Å². The van der Waals surface area contributed by atoms with E-state index in [0.29, 0.717) is 28.8 Å². The van der Waals surface area contributed by atoms with Gasteiger partial charge in [0.2, 0.25) is 0 Å². The number of ether oxygens (including phenoxy) is 1. The lowest BCUT2D eigenvalue weighted by atomic mass is 9.86. The number of esters is 1. The second kappa shape index (κ2) is 8.84. The molecule has 9 heteroatoms. The van der Waals surface area contributed by atoms with Crippen LogP contribution in [0.25, 0.3) is 23.5 Å². The molecule has 6 nitrogen and oxygen atoms in total. The molecular weight excluding hydrogens is 475 g/mol. The van der Waals surface area contributed by atoms with Crippen LogP contribution in [0.2, 0.25) is 0 Å².